The average Bonchev–Trinajstić information content (AvgIpc) is 3.17. The number of hydrogen-bond acceptors (Lipinski definition) is 5. The van der Waals surface area contributed by atoms with Gasteiger partial charge in [-0.1, -0.05) is 19.1 Å². The lowest BCUT2D eigenvalue weighted by atomic mass is 9.82. The topological polar surface area (TPSA) is 96.1 Å². The SMILES string of the molecule is CNS(=O)(=O)c1ccc(-c2c[nH]c3nccc(OCC4(C)CCNCC4)c23)cc1C. The number of fused-ring (bicyclic) bond motifs is 1. The maximum Gasteiger partial charge on any atom is 0.240 e. The number of pyridine rings is 1. The zero-order valence-corrected chi connectivity index (χ0v) is 18.4. The Morgan fingerprint density at radius 1 is 1.23 bits per heavy atom. The van der Waals surface area contributed by atoms with E-state index in [9.17, 15) is 8.42 Å². The summed E-state index contributed by atoms with van der Waals surface area (Å²) in [5.74, 6) is 0.792. The van der Waals surface area contributed by atoms with Crippen molar-refractivity contribution in [3.63, 3.8) is 0 Å². The highest BCUT2D eigenvalue weighted by Crippen LogP contribution is 2.37. The minimum atomic E-state index is -3.49. The predicted molar refractivity (Wildman–Crippen MR) is 118 cm³/mol. The molecule has 0 atom stereocenters. The predicted octanol–water partition coefficient (Wildman–Crippen LogP) is 3.21. The standard InChI is InChI=1S/C22H28N4O3S/c1-15-12-16(4-5-19(15)30(27,28)23-3)17-13-26-21-20(17)18(6-9-25-21)29-14-22(2)7-10-24-11-8-22/h4-6,9,12-13,23-24H,7-8,10-11,14H2,1-3H3,(H,25,26). The molecule has 8 heteroatoms. The van der Waals surface area contributed by atoms with Gasteiger partial charge in [0.25, 0.3) is 0 Å². The number of aromatic nitrogens is 2. The number of aryl methyl sites for hydroxylation is 1. The summed E-state index contributed by atoms with van der Waals surface area (Å²) in [4.78, 5) is 7.94. The van der Waals surface area contributed by atoms with E-state index in [0.29, 0.717) is 12.2 Å². The van der Waals surface area contributed by atoms with Crippen LogP contribution >= 0.6 is 0 Å². The number of nitrogens with zero attached hydrogens (tertiary/aromatic N) is 1. The first kappa shape index (κ1) is 20.8. The second-order valence-corrected chi connectivity index (χ2v) is 10.1. The minimum absolute atomic E-state index is 0.150. The highest BCUT2D eigenvalue weighted by molar-refractivity contribution is 7.89. The van der Waals surface area contributed by atoms with Crippen molar-refractivity contribution < 1.29 is 13.2 Å². The zero-order chi connectivity index (χ0) is 21.4. The van der Waals surface area contributed by atoms with Crippen LogP contribution in [0.5, 0.6) is 5.75 Å². The highest BCUT2D eigenvalue weighted by atomic mass is 32.2. The molecule has 1 saturated heterocycles. The Labute approximate surface area is 177 Å². The fourth-order valence-electron chi connectivity index (χ4n) is 4.03. The van der Waals surface area contributed by atoms with Gasteiger partial charge in [0.15, 0.2) is 0 Å². The van der Waals surface area contributed by atoms with E-state index in [1.165, 1.54) is 7.05 Å². The summed E-state index contributed by atoms with van der Waals surface area (Å²) in [5, 5.41) is 4.32. The third kappa shape index (κ3) is 3.95. The van der Waals surface area contributed by atoms with E-state index in [0.717, 1.165) is 53.8 Å². The molecule has 0 aliphatic carbocycles. The summed E-state index contributed by atoms with van der Waals surface area (Å²) in [5.41, 5.74) is 3.45. The van der Waals surface area contributed by atoms with Crippen LogP contribution in [-0.2, 0) is 10.0 Å². The summed E-state index contributed by atoms with van der Waals surface area (Å²) in [6.07, 6.45) is 5.82. The molecule has 1 aromatic carbocycles. The van der Waals surface area contributed by atoms with Gasteiger partial charge in [-0.3, -0.25) is 0 Å². The number of piperidine rings is 1. The molecule has 4 rings (SSSR count). The maximum atomic E-state index is 12.2. The van der Waals surface area contributed by atoms with E-state index in [1.807, 2.05) is 24.4 Å². The van der Waals surface area contributed by atoms with Crippen LogP contribution in [-0.4, -0.2) is 45.1 Å². The van der Waals surface area contributed by atoms with E-state index < -0.39 is 10.0 Å². The fraction of sp³-hybridized carbons (Fsp3) is 0.409. The molecule has 1 aliphatic heterocycles. The van der Waals surface area contributed by atoms with E-state index in [2.05, 4.69) is 26.9 Å². The zero-order valence-electron chi connectivity index (χ0n) is 17.6. The molecular formula is C22H28N4O3S. The Kier molecular flexibility index (Phi) is 5.57. The lowest BCUT2D eigenvalue weighted by Gasteiger charge is -2.33. The molecule has 7 nitrogen and oxygen atoms in total. The van der Waals surface area contributed by atoms with Crippen molar-refractivity contribution in [1.82, 2.24) is 20.0 Å². The Morgan fingerprint density at radius 3 is 2.70 bits per heavy atom. The molecule has 3 aromatic rings. The molecule has 0 spiro atoms. The molecular weight excluding hydrogens is 400 g/mol. The highest BCUT2D eigenvalue weighted by Gasteiger charge is 2.28. The van der Waals surface area contributed by atoms with Crippen molar-refractivity contribution in [2.24, 2.45) is 5.41 Å². The number of ether oxygens (including phenoxy) is 1. The molecule has 30 heavy (non-hydrogen) atoms. The van der Waals surface area contributed by atoms with Crippen molar-refractivity contribution in [2.45, 2.75) is 31.6 Å². The number of H-pyrrole nitrogens is 1. The van der Waals surface area contributed by atoms with E-state index in [4.69, 9.17) is 4.74 Å². The van der Waals surface area contributed by atoms with Crippen molar-refractivity contribution in [1.29, 1.82) is 0 Å². The number of sulfonamides is 1. The number of rotatable bonds is 6. The summed E-state index contributed by atoms with van der Waals surface area (Å²) >= 11 is 0. The Hall–Kier alpha value is -2.42. The summed E-state index contributed by atoms with van der Waals surface area (Å²) < 4.78 is 33.1. The van der Waals surface area contributed by atoms with Gasteiger partial charge in [-0.15, -0.1) is 0 Å². The third-order valence-corrected chi connectivity index (χ3v) is 7.54. The number of hydrogen-bond donors (Lipinski definition) is 3. The quantitative estimate of drug-likeness (QED) is 0.560. The monoisotopic (exact) mass is 428 g/mol. The molecule has 1 fully saturated rings. The summed E-state index contributed by atoms with van der Waals surface area (Å²) in [7, 11) is -2.08. The normalized spacial score (nSPS) is 16.6. The first-order valence-electron chi connectivity index (χ1n) is 10.2. The number of benzene rings is 1. The van der Waals surface area contributed by atoms with Gasteiger partial charge in [0.2, 0.25) is 10.0 Å². The van der Waals surface area contributed by atoms with Gasteiger partial charge in [0.05, 0.1) is 16.9 Å². The van der Waals surface area contributed by atoms with Crippen LogP contribution in [0.1, 0.15) is 25.3 Å². The van der Waals surface area contributed by atoms with Crippen LogP contribution in [0.25, 0.3) is 22.2 Å². The molecule has 0 bridgehead atoms. The van der Waals surface area contributed by atoms with Gasteiger partial charge >= 0.3 is 0 Å². The Morgan fingerprint density at radius 2 is 2.00 bits per heavy atom. The first-order chi connectivity index (χ1) is 14.3. The molecule has 0 amide bonds. The average molecular weight is 429 g/mol. The first-order valence-corrected chi connectivity index (χ1v) is 11.7. The molecule has 3 heterocycles. The third-order valence-electron chi connectivity index (χ3n) is 5.97. The van der Waals surface area contributed by atoms with Gasteiger partial charge in [-0.2, -0.15) is 0 Å². The van der Waals surface area contributed by atoms with Crippen LogP contribution < -0.4 is 14.8 Å². The largest absolute Gasteiger partial charge is 0.492 e. The Balaban J connectivity index is 1.70. The number of aromatic amines is 1. The van der Waals surface area contributed by atoms with Crippen LogP contribution in [0.2, 0.25) is 0 Å². The van der Waals surface area contributed by atoms with Crippen molar-refractivity contribution in [2.75, 3.05) is 26.7 Å². The van der Waals surface area contributed by atoms with E-state index in [-0.39, 0.29) is 10.3 Å². The van der Waals surface area contributed by atoms with Gasteiger partial charge < -0.3 is 15.0 Å². The second kappa shape index (κ2) is 8.02. The molecule has 3 N–H and O–H groups in total. The lowest BCUT2D eigenvalue weighted by molar-refractivity contribution is 0.124. The molecule has 160 valence electrons. The maximum absolute atomic E-state index is 12.2. The number of nitrogens with one attached hydrogen (secondary N) is 3. The van der Waals surface area contributed by atoms with Crippen LogP contribution in [0.3, 0.4) is 0 Å². The lowest BCUT2D eigenvalue weighted by Crippen LogP contribution is -2.38. The molecule has 0 saturated carbocycles. The van der Waals surface area contributed by atoms with Crippen LogP contribution in [0.4, 0.5) is 0 Å². The van der Waals surface area contributed by atoms with E-state index >= 15 is 0 Å². The second-order valence-electron chi connectivity index (χ2n) is 8.27. The molecule has 0 unspecified atom stereocenters. The van der Waals surface area contributed by atoms with E-state index in [1.54, 1.807) is 19.2 Å². The van der Waals surface area contributed by atoms with Crippen molar-refractivity contribution >= 4 is 21.1 Å². The van der Waals surface area contributed by atoms with Crippen molar-refractivity contribution in [3.05, 3.63) is 42.2 Å². The van der Waals surface area contributed by atoms with Gasteiger partial charge in [0, 0.05) is 23.4 Å². The fourth-order valence-corrected chi connectivity index (χ4v) is 4.98. The molecule has 1 aliphatic rings. The minimum Gasteiger partial charge on any atom is -0.492 e. The van der Waals surface area contributed by atoms with Crippen molar-refractivity contribution in [3.8, 4) is 16.9 Å². The summed E-state index contributed by atoms with van der Waals surface area (Å²) in [6.45, 7) is 6.76. The molecule has 2 aromatic heterocycles. The summed E-state index contributed by atoms with van der Waals surface area (Å²) in [6, 6.07) is 7.25. The van der Waals surface area contributed by atoms with Gasteiger partial charge in [-0.05, 0) is 63.2 Å². The Bertz CT molecular complexity index is 1160. The van der Waals surface area contributed by atoms with Crippen LogP contribution in [0, 0.1) is 12.3 Å². The van der Waals surface area contributed by atoms with Gasteiger partial charge in [0.1, 0.15) is 11.4 Å². The van der Waals surface area contributed by atoms with Crippen LogP contribution in [0.15, 0.2) is 41.6 Å². The van der Waals surface area contributed by atoms with Gasteiger partial charge in [-0.25, -0.2) is 18.1 Å². The smallest absolute Gasteiger partial charge is 0.240 e. The molecule has 0 radical (unpaired) electrons.